The molecule has 0 fully saturated rings. The van der Waals surface area contributed by atoms with Crippen LogP contribution in [0.5, 0.6) is 5.75 Å². The van der Waals surface area contributed by atoms with E-state index in [2.05, 4.69) is 5.16 Å². The lowest BCUT2D eigenvalue weighted by molar-refractivity contribution is 0.125. The molecule has 0 spiro atoms. The van der Waals surface area contributed by atoms with Crippen molar-refractivity contribution in [1.29, 1.82) is 5.26 Å². The Morgan fingerprint density at radius 3 is 2.71 bits per heavy atom. The fourth-order valence-electron chi connectivity index (χ4n) is 1.27. The molecule has 4 heteroatoms. The van der Waals surface area contributed by atoms with Crippen LogP contribution in [0.2, 0.25) is 0 Å². The average Bonchev–Trinajstić information content (AvgIpc) is 2.67. The number of nitriles is 1. The number of benzene rings is 1. The first-order valence-electron chi connectivity index (χ1n) is 4.21. The smallest absolute Gasteiger partial charge is 0.218 e. The predicted molar refractivity (Wildman–Crippen MR) is 49.7 cm³/mol. The van der Waals surface area contributed by atoms with Gasteiger partial charge in [-0.1, -0.05) is 5.16 Å². The van der Waals surface area contributed by atoms with Crippen LogP contribution < -0.4 is 0 Å². The molecule has 0 unspecified atom stereocenters. The summed E-state index contributed by atoms with van der Waals surface area (Å²) in [6.45, 7) is 0. The van der Waals surface area contributed by atoms with Crippen molar-refractivity contribution in [2.45, 2.75) is 12.5 Å². The molecule has 14 heavy (non-hydrogen) atoms. The number of rotatable bonds is 1. The summed E-state index contributed by atoms with van der Waals surface area (Å²) >= 11 is 0. The Morgan fingerprint density at radius 1 is 1.43 bits per heavy atom. The number of nitrogens with zero attached hydrogens (tertiary/aromatic N) is 2. The van der Waals surface area contributed by atoms with Crippen LogP contribution in [-0.4, -0.2) is 16.9 Å². The lowest BCUT2D eigenvalue weighted by Gasteiger charge is -1.97. The topological polar surface area (TPSA) is 65.6 Å². The third kappa shape index (κ3) is 1.52. The van der Waals surface area contributed by atoms with Gasteiger partial charge < -0.3 is 9.94 Å². The van der Waals surface area contributed by atoms with Gasteiger partial charge in [0.1, 0.15) is 11.8 Å². The second-order valence-corrected chi connectivity index (χ2v) is 3.01. The highest BCUT2D eigenvalue weighted by atomic mass is 16.6. The molecule has 70 valence electrons. The fraction of sp³-hybridized carbons (Fsp3) is 0.200. The van der Waals surface area contributed by atoms with Crippen molar-refractivity contribution in [3.05, 3.63) is 29.8 Å². The number of hydrogen-bond donors (Lipinski definition) is 1. The molecule has 0 saturated carbocycles. The van der Waals surface area contributed by atoms with E-state index in [0.29, 0.717) is 6.42 Å². The van der Waals surface area contributed by atoms with Gasteiger partial charge in [0, 0.05) is 6.42 Å². The summed E-state index contributed by atoms with van der Waals surface area (Å²) in [4.78, 5) is 4.86. The number of hydrogen-bond acceptors (Lipinski definition) is 4. The molecule has 0 aliphatic carbocycles. The maximum Gasteiger partial charge on any atom is 0.218 e. The largest absolute Gasteiger partial charge is 0.508 e. The Morgan fingerprint density at radius 2 is 2.14 bits per heavy atom. The fourth-order valence-corrected chi connectivity index (χ4v) is 1.27. The highest BCUT2D eigenvalue weighted by molar-refractivity contribution is 6.01. The van der Waals surface area contributed by atoms with Crippen molar-refractivity contribution in [1.82, 2.24) is 0 Å². The zero-order valence-electron chi connectivity index (χ0n) is 7.34. The Labute approximate surface area is 81.0 Å². The molecule has 4 nitrogen and oxygen atoms in total. The molecule has 2 rings (SSSR count). The summed E-state index contributed by atoms with van der Waals surface area (Å²) in [7, 11) is 0. The van der Waals surface area contributed by atoms with Gasteiger partial charge in [-0.15, -0.1) is 0 Å². The van der Waals surface area contributed by atoms with Gasteiger partial charge >= 0.3 is 0 Å². The van der Waals surface area contributed by atoms with Gasteiger partial charge in [0.15, 0.2) is 0 Å². The normalized spacial score (nSPS) is 19.6. The Hall–Kier alpha value is -2.02. The van der Waals surface area contributed by atoms with E-state index in [9.17, 15) is 0 Å². The molecule has 0 aromatic heterocycles. The molecule has 1 aliphatic rings. The van der Waals surface area contributed by atoms with Crippen LogP contribution in [0.15, 0.2) is 29.4 Å². The summed E-state index contributed by atoms with van der Waals surface area (Å²) < 4.78 is 0. The van der Waals surface area contributed by atoms with Gasteiger partial charge in [0.05, 0.1) is 5.71 Å². The lowest BCUT2D eigenvalue weighted by Crippen LogP contribution is -2.04. The quantitative estimate of drug-likeness (QED) is 0.724. The molecular weight excluding hydrogens is 180 g/mol. The summed E-state index contributed by atoms with van der Waals surface area (Å²) in [5.41, 5.74) is 1.62. The highest BCUT2D eigenvalue weighted by Crippen LogP contribution is 2.18. The van der Waals surface area contributed by atoms with Crippen molar-refractivity contribution < 1.29 is 9.94 Å². The van der Waals surface area contributed by atoms with E-state index < -0.39 is 6.10 Å². The van der Waals surface area contributed by atoms with Crippen LogP contribution in [0.25, 0.3) is 0 Å². The van der Waals surface area contributed by atoms with Gasteiger partial charge in [-0.25, -0.2) is 0 Å². The Balaban J connectivity index is 2.18. The predicted octanol–water partition coefficient (Wildman–Crippen LogP) is 1.41. The number of phenolic OH excluding ortho intramolecular Hbond substituents is 1. The van der Waals surface area contributed by atoms with Crippen LogP contribution in [0.1, 0.15) is 12.0 Å². The Bertz CT molecular complexity index is 403. The first-order chi connectivity index (χ1) is 6.79. The monoisotopic (exact) mass is 188 g/mol. The van der Waals surface area contributed by atoms with E-state index in [1.807, 2.05) is 6.07 Å². The van der Waals surface area contributed by atoms with Gasteiger partial charge in [-0.05, 0) is 29.8 Å². The minimum atomic E-state index is -0.473. The minimum absolute atomic E-state index is 0.213. The van der Waals surface area contributed by atoms with E-state index in [-0.39, 0.29) is 5.75 Å². The van der Waals surface area contributed by atoms with Crippen molar-refractivity contribution in [3.63, 3.8) is 0 Å². The standard InChI is InChI=1S/C10H8N2O2/c11-6-9-5-10(12-14-9)7-1-3-8(13)4-2-7/h1-4,9,13H,5H2/t9-/m1/s1. The molecule has 1 aliphatic heterocycles. The van der Waals surface area contributed by atoms with E-state index >= 15 is 0 Å². The van der Waals surface area contributed by atoms with Crippen LogP contribution in [0, 0.1) is 11.3 Å². The summed E-state index contributed by atoms with van der Waals surface area (Å²) in [6, 6.07) is 8.65. The van der Waals surface area contributed by atoms with E-state index in [4.69, 9.17) is 15.2 Å². The maximum absolute atomic E-state index is 9.07. The van der Waals surface area contributed by atoms with Gasteiger partial charge in [-0.3, -0.25) is 0 Å². The van der Waals surface area contributed by atoms with Crippen LogP contribution in [-0.2, 0) is 4.84 Å². The number of oxime groups is 1. The van der Waals surface area contributed by atoms with Crippen LogP contribution >= 0.6 is 0 Å². The molecule has 1 aromatic rings. The van der Waals surface area contributed by atoms with Crippen molar-refractivity contribution in [3.8, 4) is 11.8 Å². The Kier molecular flexibility index (Phi) is 2.07. The van der Waals surface area contributed by atoms with E-state index in [1.165, 1.54) is 0 Å². The zero-order chi connectivity index (χ0) is 9.97. The molecule has 1 N–H and O–H groups in total. The lowest BCUT2D eigenvalue weighted by atomic mass is 10.1. The molecule has 0 radical (unpaired) electrons. The minimum Gasteiger partial charge on any atom is -0.508 e. The average molecular weight is 188 g/mol. The van der Waals surface area contributed by atoms with Crippen LogP contribution in [0.4, 0.5) is 0 Å². The molecule has 1 aromatic carbocycles. The van der Waals surface area contributed by atoms with Crippen molar-refractivity contribution in [2.24, 2.45) is 5.16 Å². The van der Waals surface area contributed by atoms with Gasteiger partial charge in [0.2, 0.25) is 6.10 Å². The zero-order valence-corrected chi connectivity index (χ0v) is 7.34. The van der Waals surface area contributed by atoms with Crippen molar-refractivity contribution >= 4 is 5.71 Å². The van der Waals surface area contributed by atoms with Crippen molar-refractivity contribution in [2.75, 3.05) is 0 Å². The first kappa shape index (κ1) is 8.57. The van der Waals surface area contributed by atoms with Gasteiger partial charge in [-0.2, -0.15) is 5.26 Å². The van der Waals surface area contributed by atoms with E-state index in [0.717, 1.165) is 11.3 Å². The molecule has 0 saturated heterocycles. The molecule has 0 amide bonds. The second kappa shape index (κ2) is 3.38. The summed E-state index contributed by atoms with van der Waals surface area (Å²) in [5.74, 6) is 0.213. The number of phenols is 1. The molecular formula is C10H8N2O2. The van der Waals surface area contributed by atoms with Crippen LogP contribution in [0.3, 0.4) is 0 Å². The second-order valence-electron chi connectivity index (χ2n) is 3.01. The van der Waals surface area contributed by atoms with Gasteiger partial charge in [0.25, 0.3) is 0 Å². The summed E-state index contributed by atoms with van der Waals surface area (Å²) in [5, 5.41) is 21.5. The highest BCUT2D eigenvalue weighted by Gasteiger charge is 2.21. The first-order valence-corrected chi connectivity index (χ1v) is 4.21. The third-order valence-electron chi connectivity index (χ3n) is 2.01. The maximum atomic E-state index is 9.07. The molecule has 0 bridgehead atoms. The number of aromatic hydroxyl groups is 1. The third-order valence-corrected chi connectivity index (χ3v) is 2.01. The molecule has 1 atom stereocenters. The molecule has 1 heterocycles. The van der Waals surface area contributed by atoms with E-state index in [1.54, 1.807) is 24.3 Å². The summed E-state index contributed by atoms with van der Waals surface area (Å²) in [6.07, 6.45) is 0.0279. The SMILES string of the molecule is N#C[C@H]1CC(c2ccc(O)cc2)=NO1.